The molecule has 1 saturated heterocycles. The zero-order chi connectivity index (χ0) is 14.5. The molecule has 1 aliphatic heterocycles. The summed E-state index contributed by atoms with van der Waals surface area (Å²) >= 11 is 0. The number of ether oxygens (including phenoxy) is 2. The number of aromatic nitrogens is 2. The third-order valence-electron chi connectivity index (χ3n) is 3.30. The Labute approximate surface area is 121 Å². The van der Waals surface area contributed by atoms with Crippen LogP contribution in [-0.4, -0.2) is 34.3 Å². The van der Waals surface area contributed by atoms with Crippen LogP contribution in [0.25, 0.3) is 0 Å². The lowest BCUT2D eigenvalue weighted by Gasteiger charge is -2.31. The van der Waals surface area contributed by atoms with Crippen LogP contribution >= 0.6 is 0 Å². The zero-order valence-electron chi connectivity index (χ0n) is 12.8. The van der Waals surface area contributed by atoms with Crippen molar-refractivity contribution in [1.29, 1.82) is 0 Å². The molecule has 1 aliphatic rings. The molecule has 0 radical (unpaired) electrons. The van der Waals surface area contributed by atoms with Crippen molar-refractivity contribution in [2.45, 2.75) is 71.4 Å². The first-order valence-electron chi connectivity index (χ1n) is 7.39. The Morgan fingerprint density at radius 3 is 2.65 bits per heavy atom. The molecule has 1 aromatic rings. The summed E-state index contributed by atoms with van der Waals surface area (Å²) in [5.41, 5.74) is 0.907. The molecule has 0 aliphatic carbocycles. The smallest absolute Gasteiger partial charge is 0.232 e. The van der Waals surface area contributed by atoms with Crippen molar-refractivity contribution in [3.8, 4) is 5.88 Å². The van der Waals surface area contributed by atoms with Gasteiger partial charge in [0.15, 0.2) is 0 Å². The van der Waals surface area contributed by atoms with Crippen LogP contribution in [0.4, 0.5) is 0 Å². The van der Waals surface area contributed by atoms with Crippen LogP contribution in [0.15, 0.2) is 12.4 Å². The highest BCUT2D eigenvalue weighted by molar-refractivity contribution is 5.09. The minimum atomic E-state index is 0.163. The van der Waals surface area contributed by atoms with Crippen molar-refractivity contribution in [3.05, 3.63) is 18.1 Å². The van der Waals surface area contributed by atoms with Gasteiger partial charge in [0.05, 0.1) is 24.1 Å². The SMILES string of the molecule is CC(C)NCc1cncc(OC2CC(C)OC(C)C2)n1. The quantitative estimate of drug-likeness (QED) is 0.896. The first kappa shape index (κ1) is 15.2. The van der Waals surface area contributed by atoms with Crippen LogP contribution in [0.5, 0.6) is 5.88 Å². The average Bonchev–Trinajstić information content (AvgIpc) is 2.35. The van der Waals surface area contributed by atoms with E-state index in [4.69, 9.17) is 9.47 Å². The fourth-order valence-corrected chi connectivity index (χ4v) is 2.45. The van der Waals surface area contributed by atoms with Gasteiger partial charge >= 0.3 is 0 Å². The standard InChI is InChI=1S/C15H25N3O2/c1-10(2)17-8-13-7-16-9-15(18-13)20-14-5-11(3)19-12(4)6-14/h7,9-12,14,17H,5-6,8H2,1-4H3. The van der Waals surface area contributed by atoms with Gasteiger partial charge in [-0.05, 0) is 13.8 Å². The summed E-state index contributed by atoms with van der Waals surface area (Å²) in [6.45, 7) is 9.10. The van der Waals surface area contributed by atoms with Crippen molar-refractivity contribution in [1.82, 2.24) is 15.3 Å². The van der Waals surface area contributed by atoms with Crippen LogP contribution in [0.3, 0.4) is 0 Å². The molecule has 0 bridgehead atoms. The van der Waals surface area contributed by atoms with E-state index < -0.39 is 0 Å². The van der Waals surface area contributed by atoms with Crippen molar-refractivity contribution in [3.63, 3.8) is 0 Å². The molecule has 2 unspecified atom stereocenters. The fourth-order valence-electron chi connectivity index (χ4n) is 2.45. The topological polar surface area (TPSA) is 56.3 Å². The van der Waals surface area contributed by atoms with Crippen molar-refractivity contribution >= 4 is 0 Å². The molecule has 1 aromatic heterocycles. The fraction of sp³-hybridized carbons (Fsp3) is 0.733. The minimum Gasteiger partial charge on any atom is -0.473 e. The predicted octanol–water partition coefficient (Wildman–Crippen LogP) is 2.31. The highest BCUT2D eigenvalue weighted by Crippen LogP contribution is 2.22. The van der Waals surface area contributed by atoms with Gasteiger partial charge in [-0.25, -0.2) is 4.98 Å². The Hall–Kier alpha value is -1.20. The van der Waals surface area contributed by atoms with E-state index in [0.29, 0.717) is 18.5 Å². The first-order valence-corrected chi connectivity index (χ1v) is 7.39. The van der Waals surface area contributed by atoms with E-state index in [1.54, 1.807) is 12.4 Å². The van der Waals surface area contributed by atoms with E-state index in [-0.39, 0.29) is 18.3 Å². The monoisotopic (exact) mass is 279 g/mol. The third kappa shape index (κ3) is 4.72. The Bertz CT molecular complexity index is 415. The molecule has 1 fully saturated rings. The lowest BCUT2D eigenvalue weighted by atomic mass is 10.0. The molecule has 5 heteroatoms. The molecule has 20 heavy (non-hydrogen) atoms. The molecule has 1 N–H and O–H groups in total. The van der Waals surface area contributed by atoms with Crippen LogP contribution in [0.1, 0.15) is 46.2 Å². The highest BCUT2D eigenvalue weighted by atomic mass is 16.5. The van der Waals surface area contributed by atoms with E-state index >= 15 is 0 Å². The molecule has 112 valence electrons. The van der Waals surface area contributed by atoms with Crippen LogP contribution in [0, 0.1) is 0 Å². The minimum absolute atomic E-state index is 0.163. The van der Waals surface area contributed by atoms with Gasteiger partial charge in [-0.1, -0.05) is 13.8 Å². The van der Waals surface area contributed by atoms with Crippen LogP contribution in [0.2, 0.25) is 0 Å². The normalized spacial score (nSPS) is 26.8. The number of nitrogens with zero attached hydrogens (tertiary/aromatic N) is 2. The maximum Gasteiger partial charge on any atom is 0.232 e. The number of rotatable bonds is 5. The van der Waals surface area contributed by atoms with Gasteiger partial charge in [-0.15, -0.1) is 0 Å². The molecule has 0 spiro atoms. The van der Waals surface area contributed by atoms with Gasteiger partial charge < -0.3 is 14.8 Å². The molecular weight excluding hydrogens is 254 g/mol. The summed E-state index contributed by atoms with van der Waals surface area (Å²) in [4.78, 5) is 8.71. The van der Waals surface area contributed by atoms with E-state index in [9.17, 15) is 0 Å². The summed E-state index contributed by atoms with van der Waals surface area (Å²) in [7, 11) is 0. The zero-order valence-corrected chi connectivity index (χ0v) is 12.8. The lowest BCUT2D eigenvalue weighted by Crippen LogP contribution is -2.36. The van der Waals surface area contributed by atoms with E-state index in [2.05, 4.69) is 43.0 Å². The summed E-state index contributed by atoms with van der Waals surface area (Å²) in [6.07, 6.45) is 5.91. The summed E-state index contributed by atoms with van der Waals surface area (Å²) in [5, 5.41) is 3.33. The molecule has 5 nitrogen and oxygen atoms in total. The van der Waals surface area contributed by atoms with E-state index in [1.165, 1.54) is 0 Å². The second kappa shape index (κ2) is 6.99. The van der Waals surface area contributed by atoms with Crippen LogP contribution < -0.4 is 10.1 Å². The molecule has 0 aromatic carbocycles. The van der Waals surface area contributed by atoms with Gasteiger partial charge in [0.25, 0.3) is 0 Å². The molecule has 2 rings (SSSR count). The van der Waals surface area contributed by atoms with E-state index in [1.807, 2.05) is 0 Å². The molecular formula is C15H25N3O2. The van der Waals surface area contributed by atoms with Crippen molar-refractivity contribution < 1.29 is 9.47 Å². The van der Waals surface area contributed by atoms with Gasteiger partial charge in [0, 0.05) is 31.6 Å². The third-order valence-corrected chi connectivity index (χ3v) is 3.30. The largest absolute Gasteiger partial charge is 0.473 e. The van der Waals surface area contributed by atoms with Crippen molar-refractivity contribution in [2.24, 2.45) is 0 Å². The lowest BCUT2D eigenvalue weighted by molar-refractivity contribution is -0.0730. The summed E-state index contributed by atoms with van der Waals surface area (Å²) < 4.78 is 11.7. The highest BCUT2D eigenvalue weighted by Gasteiger charge is 2.26. The van der Waals surface area contributed by atoms with E-state index in [0.717, 1.165) is 18.5 Å². The second-order valence-electron chi connectivity index (χ2n) is 5.85. The van der Waals surface area contributed by atoms with Crippen molar-refractivity contribution in [2.75, 3.05) is 0 Å². The number of nitrogens with one attached hydrogen (secondary N) is 1. The van der Waals surface area contributed by atoms with Gasteiger partial charge in [0.2, 0.25) is 5.88 Å². The average molecular weight is 279 g/mol. The number of hydrogen-bond donors (Lipinski definition) is 1. The first-order chi connectivity index (χ1) is 9.52. The van der Waals surface area contributed by atoms with Gasteiger partial charge in [-0.2, -0.15) is 0 Å². The summed E-state index contributed by atoms with van der Waals surface area (Å²) in [6, 6.07) is 0.429. The Kier molecular flexibility index (Phi) is 5.31. The summed E-state index contributed by atoms with van der Waals surface area (Å²) in [5.74, 6) is 0.611. The van der Waals surface area contributed by atoms with Gasteiger partial charge in [-0.3, -0.25) is 4.98 Å². The predicted molar refractivity (Wildman–Crippen MR) is 77.7 cm³/mol. The maximum atomic E-state index is 5.96. The Balaban J connectivity index is 1.93. The molecule has 2 heterocycles. The molecule has 0 saturated carbocycles. The Morgan fingerprint density at radius 2 is 2.00 bits per heavy atom. The number of hydrogen-bond acceptors (Lipinski definition) is 5. The maximum absolute atomic E-state index is 5.96. The second-order valence-corrected chi connectivity index (χ2v) is 5.85. The van der Waals surface area contributed by atoms with Crippen LogP contribution in [-0.2, 0) is 11.3 Å². The van der Waals surface area contributed by atoms with Gasteiger partial charge in [0.1, 0.15) is 6.10 Å². The molecule has 0 amide bonds. The Morgan fingerprint density at radius 1 is 1.30 bits per heavy atom. The molecule has 2 atom stereocenters.